The van der Waals surface area contributed by atoms with Crippen LogP contribution in [0.2, 0.25) is 0 Å². The summed E-state index contributed by atoms with van der Waals surface area (Å²) in [6, 6.07) is 3.90. The molecule has 0 aliphatic carbocycles. The molecule has 4 heteroatoms. The van der Waals surface area contributed by atoms with Crippen molar-refractivity contribution in [3.8, 4) is 0 Å². The lowest BCUT2D eigenvalue weighted by atomic mass is 9.95. The van der Waals surface area contributed by atoms with Crippen LogP contribution < -0.4 is 5.32 Å². The molecule has 0 unspecified atom stereocenters. The molecule has 0 aliphatic rings. The fourth-order valence-corrected chi connectivity index (χ4v) is 3.26. The van der Waals surface area contributed by atoms with Crippen molar-refractivity contribution in [1.82, 2.24) is 9.97 Å². The molecule has 4 nitrogen and oxygen atoms in total. The van der Waals surface area contributed by atoms with E-state index in [9.17, 15) is 4.79 Å². The highest BCUT2D eigenvalue weighted by Gasteiger charge is 2.09. The molecule has 2 aromatic heterocycles. The Morgan fingerprint density at radius 3 is 2.36 bits per heavy atom. The molecule has 0 radical (unpaired) electrons. The van der Waals surface area contributed by atoms with E-state index in [1.54, 1.807) is 6.20 Å². The average Bonchev–Trinajstić information content (AvgIpc) is 2.67. The van der Waals surface area contributed by atoms with E-state index in [-0.39, 0.29) is 5.91 Å². The first kappa shape index (κ1) is 21.5. The molecule has 0 saturated heterocycles. The molecule has 0 spiro atoms. The summed E-state index contributed by atoms with van der Waals surface area (Å²) >= 11 is 0. The van der Waals surface area contributed by atoms with Crippen LogP contribution >= 0.6 is 0 Å². The number of nitrogens with zero attached hydrogens (tertiary/aromatic N) is 2. The minimum atomic E-state index is -0.133. The van der Waals surface area contributed by atoms with Gasteiger partial charge in [0.25, 0.3) is 0 Å². The van der Waals surface area contributed by atoms with E-state index >= 15 is 0 Å². The van der Waals surface area contributed by atoms with E-state index in [1.165, 1.54) is 23.6 Å². The van der Waals surface area contributed by atoms with Crippen LogP contribution in [0, 0.1) is 0 Å². The lowest BCUT2D eigenvalue weighted by molar-refractivity contribution is -0.114. The molecule has 28 heavy (non-hydrogen) atoms. The number of amides is 1. The summed E-state index contributed by atoms with van der Waals surface area (Å²) in [4.78, 5) is 20.2. The Labute approximate surface area is 168 Å². The third kappa shape index (κ3) is 5.38. The molecule has 148 valence electrons. The Balaban J connectivity index is 2.41. The predicted molar refractivity (Wildman–Crippen MR) is 119 cm³/mol. The van der Waals surface area contributed by atoms with Crippen LogP contribution in [0.4, 0.5) is 5.82 Å². The number of anilines is 1. The largest absolute Gasteiger partial charge is 0.311 e. The van der Waals surface area contributed by atoms with E-state index in [0.29, 0.717) is 5.82 Å². The molecule has 0 atom stereocenters. The molecule has 2 aromatic rings. The first-order valence-electron chi connectivity index (χ1n) is 9.96. The second-order valence-corrected chi connectivity index (χ2v) is 7.11. The Hall–Kier alpha value is -2.75. The standard InChI is InChI=1S/C24H31N3O/c1-7-10-19(16(4)8-2)11-17(5)22(9-3)23-12-20-15-26-24(27-18(6)28)13-21(20)14-25-23/h9,11-15H,7-8,10H2,1-6H3,(H,26,27,28)/b17-11-,19-16+,22-9+. The normalized spacial score (nSPS) is 13.5. The van der Waals surface area contributed by atoms with Crippen LogP contribution in [0.15, 0.2) is 53.4 Å². The van der Waals surface area contributed by atoms with Gasteiger partial charge in [-0.3, -0.25) is 9.78 Å². The molecular formula is C24H31N3O. The second kappa shape index (κ2) is 9.98. The monoisotopic (exact) mass is 377 g/mol. The first-order chi connectivity index (χ1) is 13.4. The summed E-state index contributed by atoms with van der Waals surface area (Å²) in [5.41, 5.74) is 6.14. The molecule has 1 amide bonds. The Bertz CT molecular complexity index is 951. The number of allylic oxidation sites excluding steroid dienone is 6. The number of hydrogen-bond acceptors (Lipinski definition) is 3. The maximum atomic E-state index is 11.2. The van der Waals surface area contributed by atoms with Gasteiger partial charge in [0.1, 0.15) is 5.82 Å². The van der Waals surface area contributed by atoms with Gasteiger partial charge >= 0.3 is 0 Å². The van der Waals surface area contributed by atoms with E-state index in [0.717, 1.165) is 41.3 Å². The highest BCUT2D eigenvalue weighted by Crippen LogP contribution is 2.27. The predicted octanol–water partition coefficient (Wildman–Crippen LogP) is 6.46. The molecule has 2 rings (SSSR count). The van der Waals surface area contributed by atoms with Crippen molar-refractivity contribution in [3.63, 3.8) is 0 Å². The molecular weight excluding hydrogens is 346 g/mol. The zero-order valence-corrected chi connectivity index (χ0v) is 17.9. The maximum absolute atomic E-state index is 11.2. The third-order valence-corrected chi connectivity index (χ3v) is 4.89. The highest BCUT2D eigenvalue weighted by atomic mass is 16.1. The second-order valence-electron chi connectivity index (χ2n) is 7.11. The van der Waals surface area contributed by atoms with Gasteiger partial charge in [0, 0.05) is 30.1 Å². The highest BCUT2D eigenvalue weighted by molar-refractivity contribution is 5.92. The Kier molecular flexibility index (Phi) is 7.68. The van der Waals surface area contributed by atoms with Gasteiger partial charge in [-0.15, -0.1) is 0 Å². The number of pyridine rings is 2. The lowest BCUT2D eigenvalue weighted by Gasteiger charge is -2.12. The summed E-state index contributed by atoms with van der Waals surface area (Å²) < 4.78 is 0. The number of rotatable bonds is 7. The average molecular weight is 378 g/mol. The molecule has 0 aromatic carbocycles. The maximum Gasteiger partial charge on any atom is 0.222 e. The van der Waals surface area contributed by atoms with Gasteiger partial charge < -0.3 is 5.32 Å². The lowest BCUT2D eigenvalue weighted by Crippen LogP contribution is -2.07. The van der Waals surface area contributed by atoms with Gasteiger partial charge in [-0.05, 0) is 62.5 Å². The number of nitrogens with one attached hydrogen (secondary N) is 1. The van der Waals surface area contributed by atoms with E-state index in [1.807, 2.05) is 19.2 Å². The van der Waals surface area contributed by atoms with Crippen LogP contribution in [0.3, 0.4) is 0 Å². The van der Waals surface area contributed by atoms with Crippen LogP contribution in [0.5, 0.6) is 0 Å². The zero-order valence-electron chi connectivity index (χ0n) is 17.9. The van der Waals surface area contributed by atoms with Crippen molar-refractivity contribution in [2.45, 2.75) is 60.8 Å². The summed E-state index contributed by atoms with van der Waals surface area (Å²) in [7, 11) is 0. The number of hydrogen-bond donors (Lipinski definition) is 1. The molecule has 2 heterocycles. The minimum absolute atomic E-state index is 0.133. The quantitative estimate of drug-likeness (QED) is 0.563. The van der Waals surface area contributed by atoms with E-state index in [2.05, 4.69) is 61.2 Å². The van der Waals surface area contributed by atoms with Crippen LogP contribution in [0.1, 0.15) is 66.5 Å². The van der Waals surface area contributed by atoms with Crippen molar-refractivity contribution in [3.05, 3.63) is 59.1 Å². The van der Waals surface area contributed by atoms with Crippen molar-refractivity contribution in [1.29, 1.82) is 0 Å². The number of aromatic nitrogens is 2. The smallest absolute Gasteiger partial charge is 0.222 e. The summed E-state index contributed by atoms with van der Waals surface area (Å²) in [5.74, 6) is 0.410. The first-order valence-corrected chi connectivity index (χ1v) is 9.96. The molecule has 0 bridgehead atoms. The summed E-state index contributed by atoms with van der Waals surface area (Å²) in [5, 5.41) is 4.66. The van der Waals surface area contributed by atoms with Gasteiger partial charge in [-0.1, -0.05) is 38.0 Å². The fourth-order valence-electron chi connectivity index (χ4n) is 3.26. The Morgan fingerprint density at radius 2 is 1.75 bits per heavy atom. The van der Waals surface area contributed by atoms with E-state index < -0.39 is 0 Å². The molecule has 0 fully saturated rings. The van der Waals surface area contributed by atoms with Crippen molar-refractivity contribution >= 4 is 28.1 Å². The number of carbonyl (C=O) groups is 1. The van der Waals surface area contributed by atoms with Crippen LogP contribution in [-0.2, 0) is 4.79 Å². The van der Waals surface area contributed by atoms with Crippen LogP contribution in [0.25, 0.3) is 16.3 Å². The minimum Gasteiger partial charge on any atom is -0.311 e. The van der Waals surface area contributed by atoms with Gasteiger partial charge in [-0.2, -0.15) is 0 Å². The van der Waals surface area contributed by atoms with Gasteiger partial charge in [0.15, 0.2) is 0 Å². The molecule has 0 saturated carbocycles. The van der Waals surface area contributed by atoms with Crippen LogP contribution in [-0.4, -0.2) is 15.9 Å². The Morgan fingerprint density at radius 1 is 1.07 bits per heavy atom. The summed E-state index contributed by atoms with van der Waals surface area (Å²) in [6.45, 7) is 12.3. The van der Waals surface area contributed by atoms with Gasteiger partial charge in [0.2, 0.25) is 5.91 Å². The van der Waals surface area contributed by atoms with Crippen molar-refractivity contribution in [2.75, 3.05) is 5.32 Å². The number of carbonyl (C=O) groups excluding carboxylic acids is 1. The van der Waals surface area contributed by atoms with Crippen molar-refractivity contribution < 1.29 is 4.79 Å². The van der Waals surface area contributed by atoms with Gasteiger partial charge in [0.05, 0.1) is 5.69 Å². The van der Waals surface area contributed by atoms with Gasteiger partial charge in [-0.25, -0.2) is 4.98 Å². The topological polar surface area (TPSA) is 54.9 Å². The van der Waals surface area contributed by atoms with E-state index in [4.69, 9.17) is 0 Å². The number of fused-ring (bicyclic) bond motifs is 1. The summed E-state index contributed by atoms with van der Waals surface area (Å²) in [6.07, 6.45) is 11.3. The van der Waals surface area contributed by atoms with Crippen molar-refractivity contribution in [2.24, 2.45) is 0 Å². The zero-order chi connectivity index (χ0) is 20.7. The third-order valence-electron chi connectivity index (χ3n) is 4.89. The SMILES string of the molecule is C\C=C(/C(C)=C\C(CCC)=C(/C)CC)c1cc2cnc(NC(C)=O)cc2cn1. The molecule has 0 aliphatic heterocycles. The molecule has 1 N–H and O–H groups in total. The fraction of sp³-hybridized carbons (Fsp3) is 0.375.